The van der Waals surface area contributed by atoms with Gasteiger partial charge in [-0.2, -0.15) is 0 Å². The van der Waals surface area contributed by atoms with Gasteiger partial charge in [-0.05, 0) is 50.9 Å². The molecule has 0 aromatic carbocycles. The molecule has 0 aromatic heterocycles. The van der Waals surface area contributed by atoms with Crippen molar-refractivity contribution < 1.29 is 14.3 Å². The van der Waals surface area contributed by atoms with Crippen molar-refractivity contribution in [1.82, 2.24) is 4.90 Å². The van der Waals surface area contributed by atoms with Gasteiger partial charge in [-0.3, -0.25) is 4.79 Å². The molecule has 2 rings (SSSR count). The molecular weight excluding hydrogens is 242 g/mol. The first-order valence-electron chi connectivity index (χ1n) is 7.51. The maximum Gasteiger partial charge on any atom is 0.328 e. The Morgan fingerprint density at radius 2 is 1.74 bits per heavy atom. The molecule has 1 amide bonds. The maximum absolute atomic E-state index is 12.6. The van der Waals surface area contributed by atoms with E-state index >= 15 is 0 Å². The molecule has 0 N–H and O–H groups in total. The van der Waals surface area contributed by atoms with Crippen molar-refractivity contribution in [3.63, 3.8) is 0 Å². The normalized spacial score (nSPS) is 31.9. The zero-order chi connectivity index (χ0) is 13.8. The van der Waals surface area contributed by atoms with Crippen LogP contribution >= 0.6 is 0 Å². The van der Waals surface area contributed by atoms with E-state index in [4.69, 9.17) is 4.74 Å². The van der Waals surface area contributed by atoms with Gasteiger partial charge in [0.1, 0.15) is 6.04 Å². The lowest BCUT2D eigenvalue weighted by Gasteiger charge is -2.37. The van der Waals surface area contributed by atoms with Crippen LogP contribution in [0, 0.1) is 11.8 Å². The number of amides is 1. The molecule has 2 fully saturated rings. The van der Waals surface area contributed by atoms with Crippen molar-refractivity contribution >= 4 is 11.9 Å². The molecule has 4 nitrogen and oxygen atoms in total. The number of esters is 1. The minimum Gasteiger partial charge on any atom is -0.467 e. The van der Waals surface area contributed by atoms with Crippen molar-refractivity contribution in [3.8, 4) is 0 Å². The second-order valence-electron chi connectivity index (χ2n) is 6.02. The van der Waals surface area contributed by atoms with Crippen LogP contribution in [0.5, 0.6) is 0 Å². The van der Waals surface area contributed by atoms with Gasteiger partial charge in [0.15, 0.2) is 0 Å². The third kappa shape index (κ3) is 3.28. The fraction of sp³-hybridized carbons (Fsp3) is 0.867. The van der Waals surface area contributed by atoms with E-state index < -0.39 is 0 Å². The summed E-state index contributed by atoms with van der Waals surface area (Å²) in [6.45, 7) is 2.96. The quantitative estimate of drug-likeness (QED) is 0.722. The van der Waals surface area contributed by atoms with Gasteiger partial charge in [0.2, 0.25) is 5.91 Å². The monoisotopic (exact) mass is 267 g/mol. The highest BCUT2D eigenvalue weighted by Crippen LogP contribution is 2.31. The van der Waals surface area contributed by atoms with E-state index in [1.807, 2.05) is 0 Å². The SMILES string of the molecule is COC(=O)[C@H]1CCCCN1C(=O)C1CCC(C)CC1. The minimum atomic E-state index is -0.342. The smallest absolute Gasteiger partial charge is 0.328 e. The first kappa shape index (κ1) is 14.4. The molecule has 1 saturated heterocycles. The van der Waals surface area contributed by atoms with Gasteiger partial charge in [0.25, 0.3) is 0 Å². The van der Waals surface area contributed by atoms with E-state index in [1.54, 1.807) is 4.90 Å². The topological polar surface area (TPSA) is 46.6 Å². The first-order valence-corrected chi connectivity index (χ1v) is 7.51. The molecule has 1 atom stereocenters. The number of carbonyl (C=O) groups excluding carboxylic acids is 2. The van der Waals surface area contributed by atoms with Crippen LogP contribution in [0.2, 0.25) is 0 Å². The standard InChI is InChI=1S/C15H25NO3/c1-11-6-8-12(9-7-11)14(17)16-10-4-3-5-13(16)15(18)19-2/h11-13H,3-10H2,1-2H3/t11?,12?,13-/m1/s1. The van der Waals surface area contributed by atoms with Gasteiger partial charge >= 0.3 is 5.97 Å². The molecule has 0 unspecified atom stereocenters. The van der Waals surface area contributed by atoms with E-state index in [0.717, 1.165) is 50.9 Å². The summed E-state index contributed by atoms with van der Waals surface area (Å²) >= 11 is 0. The van der Waals surface area contributed by atoms with Gasteiger partial charge in [0.05, 0.1) is 7.11 Å². The molecule has 0 spiro atoms. The number of likely N-dealkylation sites (tertiary alicyclic amines) is 1. The fourth-order valence-corrected chi connectivity index (χ4v) is 3.32. The summed E-state index contributed by atoms with van der Waals surface area (Å²) in [4.78, 5) is 26.2. The Labute approximate surface area is 115 Å². The van der Waals surface area contributed by atoms with E-state index in [2.05, 4.69) is 6.92 Å². The van der Waals surface area contributed by atoms with Crippen molar-refractivity contribution in [1.29, 1.82) is 0 Å². The summed E-state index contributed by atoms with van der Waals surface area (Å²) in [6.07, 6.45) is 6.98. The molecule has 1 saturated carbocycles. The molecule has 0 aromatic rings. The third-order valence-electron chi connectivity index (χ3n) is 4.62. The Balaban J connectivity index is 2.01. The van der Waals surface area contributed by atoms with E-state index in [9.17, 15) is 9.59 Å². The van der Waals surface area contributed by atoms with Gasteiger partial charge in [0, 0.05) is 12.5 Å². The lowest BCUT2D eigenvalue weighted by Crippen LogP contribution is -2.50. The molecule has 0 radical (unpaired) electrons. The Bertz CT molecular complexity index is 334. The average molecular weight is 267 g/mol. The Kier molecular flexibility index (Phi) is 4.83. The number of hydrogen-bond donors (Lipinski definition) is 0. The van der Waals surface area contributed by atoms with Crippen LogP contribution in [0.3, 0.4) is 0 Å². The van der Waals surface area contributed by atoms with Gasteiger partial charge in [-0.25, -0.2) is 4.79 Å². The molecule has 0 bridgehead atoms. The summed E-state index contributed by atoms with van der Waals surface area (Å²) in [7, 11) is 1.40. The molecule has 108 valence electrons. The van der Waals surface area contributed by atoms with Crippen LogP contribution in [-0.2, 0) is 14.3 Å². The van der Waals surface area contributed by atoms with E-state index in [1.165, 1.54) is 7.11 Å². The highest BCUT2D eigenvalue weighted by Gasteiger charge is 2.36. The summed E-state index contributed by atoms with van der Waals surface area (Å²) in [5.41, 5.74) is 0. The highest BCUT2D eigenvalue weighted by atomic mass is 16.5. The van der Waals surface area contributed by atoms with Crippen molar-refractivity contribution in [2.24, 2.45) is 11.8 Å². The molecule has 1 aliphatic heterocycles. The van der Waals surface area contributed by atoms with Crippen molar-refractivity contribution in [3.05, 3.63) is 0 Å². The lowest BCUT2D eigenvalue weighted by molar-refractivity contribution is -0.156. The number of nitrogens with zero attached hydrogens (tertiary/aromatic N) is 1. The second-order valence-corrected chi connectivity index (χ2v) is 6.02. The number of piperidine rings is 1. The molecular formula is C15H25NO3. The fourth-order valence-electron chi connectivity index (χ4n) is 3.32. The first-order chi connectivity index (χ1) is 9.13. The van der Waals surface area contributed by atoms with Gasteiger partial charge in [-0.15, -0.1) is 0 Å². The van der Waals surface area contributed by atoms with Crippen molar-refractivity contribution in [2.45, 2.75) is 57.9 Å². The Hall–Kier alpha value is -1.06. The number of ether oxygens (including phenoxy) is 1. The number of rotatable bonds is 2. The zero-order valence-corrected chi connectivity index (χ0v) is 12.1. The van der Waals surface area contributed by atoms with Crippen LogP contribution in [0.15, 0.2) is 0 Å². The molecule has 1 heterocycles. The van der Waals surface area contributed by atoms with Crippen LogP contribution < -0.4 is 0 Å². The summed E-state index contributed by atoms with van der Waals surface area (Å²) in [6, 6.07) is -0.342. The summed E-state index contributed by atoms with van der Waals surface area (Å²) < 4.78 is 4.84. The average Bonchev–Trinajstić information content (AvgIpc) is 2.46. The maximum atomic E-state index is 12.6. The van der Waals surface area contributed by atoms with E-state index in [-0.39, 0.29) is 23.8 Å². The second kappa shape index (κ2) is 6.40. The van der Waals surface area contributed by atoms with Crippen LogP contribution in [0.25, 0.3) is 0 Å². The number of hydrogen-bond acceptors (Lipinski definition) is 3. The zero-order valence-electron chi connectivity index (χ0n) is 12.1. The van der Waals surface area contributed by atoms with Crippen LogP contribution in [0.1, 0.15) is 51.9 Å². The predicted octanol–water partition coefficient (Wildman–Crippen LogP) is 2.37. The summed E-state index contributed by atoms with van der Waals surface area (Å²) in [5.74, 6) is 0.794. The predicted molar refractivity (Wildman–Crippen MR) is 72.5 cm³/mol. The number of carbonyl (C=O) groups is 2. The Morgan fingerprint density at radius 3 is 2.37 bits per heavy atom. The molecule has 4 heteroatoms. The third-order valence-corrected chi connectivity index (χ3v) is 4.62. The van der Waals surface area contributed by atoms with Crippen LogP contribution in [-0.4, -0.2) is 36.5 Å². The van der Waals surface area contributed by atoms with Crippen molar-refractivity contribution in [2.75, 3.05) is 13.7 Å². The molecule has 2 aliphatic rings. The molecule has 19 heavy (non-hydrogen) atoms. The minimum absolute atomic E-state index is 0.126. The van der Waals surface area contributed by atoms with Gasteiger partial charge < -0.3 is 9.64 Å². The Morgan fingerprint density at radius 1 is 1.05 bits per heavy atom. The number of methoxy groups -OCH3 is 1. The lowest BCUT2D eigenvalue weighted by atomic mass is 9.82. The largest absolute Gasteiger partial charge is 0.467 e. The van der Waals surface area contributed by atoms with E-state index in [0.29, 0.717) is 6.54 Å². The van der Waals surface area contributed by atoms with Crippen LogP contribution in [0.4, 0.5) is 0 Å². The molecule has 1 aliphatic carbocycles. The summed E-state index contributed by atoms with van der Waals surface area (Å²) in [5, 5.41) is 0. The van der Waals surface area contributed by atoms with Gasteiger partial charge in [-0.1, -0.05) is 6.92 Å². The highest BCUT2D eigenvalue weighted by molar-refractivity contribution is 5.86.